The number of carbonyl (C=O) groups is 3. The molecule has 218 valence electrons. The summed E-state index contributed by atoms with van der Waals surface area (Å²) in [6, 6.07) is 17.4. The lowest BCUT2D eigenvalue weighted by molar-refractivity contribution is -0.130. The van der Waals surface area contributed by atoms with Gasteiger partial charge in [-0.1, -0.05) is 30.3 Å². The summed E-state index contributed by atoms with van der Waals surface area (Å²) < 4.78 is 0. The number of nitrogens with two attached hydrogens (primary N) is 2. The standard InChI is InChI=1S/C32H36N6O4/c1-18-14-23(29(34)39)10-12-25(18)21-6-2-19(3-7-21)15-28(36-30(40)22-8-4-20(17-33)5-9-22)31(41)35-24-11-13-26-27(16-24)38-32(42)37-26/h2-3,6-7,10-14,16,20,22,28H,4-5,8-9,15,17,33H2,1H3,(H2,34,39)(H,35,41)(H,36,40)(H2,37,38,42)/t20?,22?,28-/m0/s1. The molecule has 4 aromatic rings. The van der Waals surface area contributed by atoms with Crippen LogP contribution in [-0.4, -0.2) is 40.3 Å². The third-order valence-electron chi connectivity index (χ3n) is 8.18. The number of aromatic amines is 2. The summed E-state index contributed by atoms with van der Waals surface area (Å²) in [4.78, 5) is 55.4. The monoisotopic (exact) mass is 568 g/mol. The summed E-state index contributed by atoms with van der Waals surface area (Å²) in [6.45, 7) is 2.55. The van der Waals surface area contributed by atoms with Crippen molar-refractivity contribution in [2.24, 2.45) is 23.3 Å². The molecule has 1 heterocycles. The molecule has 10 heteroatoms. The van der Waals surface area contributed by atoms with Crippen LogP contribution in [0, 0.1) is 18.8 Å². The quantitative estimate of drug-likeness (QED) is 0.181. The number of H-pyrrole nitrogens is 2. The predicted molar refractivity (Wildman–Crippen MR) is 163 cm³/mol. The van der Waals surface area contributed by atoms with Gasteiger partial charge in [-0.15, -0.1) is 0 Å². The number of amides is 3. The third-order valence-corrected chi connectivity index (χ3v) is 8.18. The average molecular weight is 569 g/mol. The van der Waals surface area contributed by atoms with Gasteiger partial charge in [0.25, 0.3) is 0 Å². The highest BCUT2D eigenvalue weighted by atomic mass is 16.2. The SMILES string of the molecule is Cc1cc(C(N)=O)ccc1-c1ccc(C[C@H](NC(=O)C2CCC(CN)CC2)C(=O)Nc2ccc3[nH]c(=O)[nH]c3c2)cc1. The molecule has 1 fully saturated rings. The Balaban J connectivity index is 1.34. The maximum atomic E-state index is 13.5. The van der Waals surface area contributed by atoms with Gasteiger partial charge in [0.2, 0.25) is 17.7 Å². The highest BCUT2D eigenvalue weighted by Crippen LogP contribution is 2.29. The minimum atomic E-state index is -0.812. The molecular weight excluding hydrogens is 532 g/mol. The van der Waals surface area contributed by atoms with Crippen LogP contribution >= 0.6 is 0 Å². The molecule has 0 saturated heterocycles. The molecule has 0 spiro atoms. The van der Waals surface area contributed by atoms with Crippen LogP contribution in [0.1, 0.15) is 47.2 Å². The van der Waals surface area contributed by atoms with Crippen molar-refractivity contribution < 1.29 is 14.4 Å². The molecule has 3 aromatic carbocycles. The first-order valence-corrected chi connectivity index (χ1v) is 14.2. The predicted octanol–water partition coefficient (Wildman–Crippen LogP) is 3.36. The molecule has 0 aliphatic heterocycles. The Kier molecular flexibility index (Phi) is 8.53. The van der Waals surface area contributed by atoms with E-state index < -0.39 is 11.9 Å². The van der Waals surface area contributed by atoms with E-state index in [4.69, 9.17) is 11.5 Å². The Morgan fingerprint density at radius 2 is 1.64 bits per heavy atom. The number of benzene rings is 3. The van der Waals surface area contributed by atoms with Crippen molar-refractivity contribution in [2.45, 2.75) is 45.1 Å². The Hall–Kier alpha value is -4.70. The fourth-order valence-corrected chi connectivity index (χ4v) is 5.70. The smallest absolute Gasteiger partial charge is 0.323 e. The van der Waals surface area contributed by atoms with E-state index in [0.717, 1.165) is 47.9 Å². The van der Waals surface area contributed by atoms with Crippen LogP contribution in [-0.2, 0) is 16.0 Å². The van der Waals surface area contributed by atoms with Gasteiger partial charge in [-0.3, -0.25) is 14.4 Å². The lowest BCUT2D eigenvalue weighted by Crippen LogP contribution is -2.48. The number of aryl methyl sites for hydroxylation is 1. The molecule has 1 atom stereocenters. The van der Waals surface area contributed by atoms with Crippen LogP contribution < -0.4 is 27.8 Å². The number of hydrogen-bond donors (Lipinski definition) is 6. The first-order valence-electron chi connectivity index (χ1n) is 14.2. The minimum absolute atomic E-state index is 0.127. The molecule has 0 bridgehead atoms. The molecule has 1 aliphatic carbocycles. The summed E-state index contributed by atoms with van der Waals surface area (Å²) in [5.41, 5.74) is 16.8. The number of carbonyl (C=O) groups excluding carboxylic acids is 3. The maximum absolute atomic E-state index is 13.5. The van der Waals surface area contributed by atoms with Crippen molar-refractivity contribution in [1.29, 1.82) is 0 Å². The maximum Gasteiger partial charge on any atom is 0.323 e. The topological polar surface area (TPSA) is 176 Å². The van der Waals surface area contributed by atoms with Crippen LogP contribution in [0.3, 0.4) is 0 Å². The molecule has 5 rings (SSSR count). The van der Waals surface area contributed by atoms with E-state index in [1.165, 1.54) is 0 Å². The zero-order valence-electron chi connectivity index (χ0n) is 23.5. The van der Waals surface area contributed by atoms with Crippen LogP contribution in [0.2, 0.25) is 0 Å². The molecule has 1 aromatic heterocycles. The van der Waals surface area contributed by atoms with Gasteiger partial charge in [0.05, 0.1) is 11.0 Å². The Morgan fingerprint density at radius 1 is 0.929 bits per heavy atom. The van der Waals surface area contributed by atoms with E-state index in [-0.39, 0.29) is 23.4 Å². The Morgan fingerprint density at radius 3 is 2.31 bits per heavy atom. The highest BCUT2D eigenvalue weighted by Gasteiger charge is 2.29. The molecule has 3 amide bonds. The van der Waals surface area contributed by atoms with E-state index in [2.05, 4.69) is 20.6 Å². The van der Waals surface area contributed by atoms with E-state index in [1.54, 1.807) is 30.3 Å². The summed E-state index contributed by atoms with van der Waals surface area (Å²) in [5.74, 6) is -0.661. The number of aromatic nitrogens is 2. The lowest BCUT2D eigenvalue weighted by atomic mass is 9.81. The van der Waals surface area contributed by atoms with Crippen molar-refractivity contribution in [2.75, 3.05) is 11.9 Å². The van der Waals surface area contributed by atoms with Crippen molar-refractivity contribution in [3.8, 4) is 11.1 Å². The highest BCUT2D eigenvalue weighted by molar-refractivity contribution is 5.99. The fraction of sp³-hybridized carbons (Fsp3) is 0.312. The van der Waals surface area contributed by atoms with Gasteiger partial charge in [-0.2, -0.15) is 0 Å². The molecule has 1 saturated carbocycles. The van der Waals surface area contributed by atoms with Crippen LogP contribution in [0.4, 0.5) is 5.69 Å². The first kappa shape index (κ1) is 28.8. The van der Waals surface area contributed by atoms with E-state index >= 15 is 0 Å². The second-order valence-electron chi connectivity index (χ2n) is 11.1. The Labute approximate surface area is 243 Å². The molecule has 42 heavy (non-hydrogen) atoms. The van der Waals surface area contributed by atoms with Gasteiger partial charge in [-0.05, 0) is 97.7 Å². The molecule has 8 N–H and O–H groups in total. The van der Waals surface area contributed by atoms with Gasteiger partial charge < -0.3 is 32.1 Å². The molecule has 0 unspecified atom stereocenters. The first-order chi connectivity index (χ1) is 20.2. The van der Waals surface area contributed by atoms with Crippen molar-refractivity contribution in [3.05, 3.63) is 87.8 Å². The van der Waals surface area contributed by atoms with Crippen molar-refractivity contribution in [3.63, 3.8) is 0 Å². The normalized spacial score (nSPS) is 17.5. The van der Waals surface area contributed by atoms with Gasteiger partial charge in [-0.25, -0.2) is 4.79 Å². The molecule has 10 nitrogen and oxygen atoms in total. The zero-order valence-corrected chi connectivity index (χ0v) is 23.5. The number of rotatable bonds is 9. The number of fused-ring (bicyclic) bond motifs is 1. The van der Waals surface area contributed by atoms with E-state index in [1.807, 2.05) is 37.3 Å². The second-order valence-corrected chi connectivity index (χ2v) is 11.1. The van der Waals surface area contributed by atoms with Crippen LogP contribution in [0.5, 0.6) is 0 Å². The number of hydrogen-bond acceptors (Lipinski definition) is 5. The van der Waals surface area contributed by atoms with Crippen LogP contribution in [0.15, 0.2) is 65.5 Å². The van der Waals surface area contributed by atoms with Gasteiger partial charge >= 0.3 is 5.69 Å². The van der Waals surface area contributed by atoms with Crippen molar-refractivity contribution in [1.82, 2.24) is 15.3 Å². The molecule has 1 aliphatic rings. The van der Waals surface area contributed by atoms with E-state index in [0.29, 0.717) is 41.2 Å². The molecule has 0 radical (unpaired) electrons. The largest absolute Gasteiger partial charge is 0.366 e. The van der Waals surface area contributed by atoms with Gasteiger partial charge in [0, 0.05) is 23.6 Å². The molecular formula is C32H36N6O4. The number of primary amides is 1. The number of imidazole rings is 1. The Bertz CT molecular complexity index is 1660. The zero-order chi connectivity index (χ0) is 29.8. The summed E-state index contributed by atoms with van der Waals surface area (Å²) in [5, 5.41) is 5.91. The third kappa shape index (κ3) is 6.60. The number of anilines is 1. The van der Waals surface area contributed by atoms with Gasteiger partial charge in [0.15, 0.2) is 0 Å². The second kappa shape index (κ2) is 12.4. The van der Waals surface area contributed by atoms with Gasteiger partial charge in [0.1, 0.15) is 6.04 Å². The average Bonchev–Trinajstić information content (AvgIpc) is 3.36. The van der Waals surface area contributed by atoms with Crippen molar-refractivity contribution >= 4 is 34.4 Å². The lowest BCUT2D eigenvalue weighted by Gasteiger charge is -2.28. The summed E-state index contributed by atoms with van der Waals surface area (Å²) >= 11 is 0. The van der Waals surface area contributed by atoms with E-state index in [9.17, 15) is 19.2 Å². The number of nitrogens with one attached hydrogen (secondary N) is 4. The minimum Gasteiger partial charge on any atom is -0.366 e. The summed E-state index contributed by atoms with van der Waals surface area (Å²) in [7, 11) is 0. The fourth-order valence-electron chi connectivity index (χ4n) is 5.70. The summed E-state index contributed by atoms with van der Waals surface area (Å²) in [6.07, 6.45) is 3.60. The van der Waals surface area contributed by atoms with Crippen LogP contribution in [0.25, 0.3) is 22.2 Å².